The van der Waals surface area contributed by atoms with Gasteiger partial charge in [0.2, 0.25) is 11.1 Å². The number of benzene rings is 3. The number of ether oxygens (including phenoxy) is 1. The molecule has 1 aliphatic rings. The Morgan fingerprint density at radius 2 is 1.75 bits per heavy atom. The van der Waals surface area contributed by atoms with Crippen molar-refractivity contribution in [1.29, 1.82) is 0 Å². The normalized spacial score (nSPS) is 12.4. The van der Waals surface area contributed by atoms with Crippen LogP contribution in [0.5, 0.6) is 5.75 Å². The third-order valence-corrected chi connectivity index (χ3v) is 7.64. The largest absolute Gasteiger partial charge is 0.494 e. The first-order valence-corrected chi connectivity index (χ1v) is 13.3. The lowest BCUT2D eigenvalue weighted by molar-refractivity contribution is -0.115. The molecular weight excluding hydrogens is 490 g/mol. The van der Waals surface area contributed by atoms with Gasteiger partial charge in [-0.25, -0.2) is 9.97 Å². The number of aromatic nitrogens is 4. The van der Waals surface area contributed by atoms with E-state index in [1.807, 2.05) is 61.7 Å². The van der Waals surface area contributed by atoms with Gasteiger partial charge >= 0.3 is 0 Å². The average molecular weight is 512 g/mol. The van der Waals surface area contributed by atoms with E-state index in [2.05, 4.69) is 38.7 Å². The zero-order valence-electron chi connectivity index (χ0n) is 19.6. The molecule has 178 valence electrons. The standard InChI is InChI=1S/C27H21N5O2S2/c1-3-34-18-12-10-16(11-13-18)21-14-35-26(28-21)30-25(33)15(2)36-27-29-23-19-8-4-6-17-7-5-9-20(22(17)19)24(23)31-32-27/h4-15H,3H2,1-2H3,(H,28,30,33). The molecule has 1 amide bonds. The van der Waals surface area contributed by atoms with Gasteiger partial charge in [0.25, 0.3) is 0 Å². The van der Waals surface area contributed by atoms with Crippen LogP contribution in [0.15, 0.2) is 71.2 Å². The third-order valence-electron chi connectivity index (χ3n) is 5.93. The molecule has 0 radical (unpaired) electrons. The molecule has 0 saturated heterocycles. The topological polar surface area (TPSA) is 89.9 Å². The first-order valence-electron chi connectivity index (χ1n) is 11.5. The Labute approximate surface area is 216 Å². The molecule has 0 spiro atoms. The number of carbonyl (C=O) groups is 1. The Bertz CT molecular complexity index is 1590. The fraction of sp³-hybridized carbons (Fsp3) is 0.148. The number of thiazole rings is 1. The second kappa shape index (κ2) is 9.33. The van der Waals surface area contributed by atoms with Crippen molar-refractivity contribution in [3.05, 3.63) is 66.0 Å². The molecule has 0 fully saturated rings. The maximum absolute atomic E-state index is 12.9. The SMILES string of the molecule is CCOc1ccc(-c2csc(NC(=O)C(C)Sc3nnc4c(n3)-c3cccc5cccc-4c35)n2)cc1. The van der Waals surface area contributed by atoms with Crippen LogP contribution in [0.3, 0.4) is 0 Å². The molecule has 6 rings (SSSR count). The van der Waals surface area contributed by atoms with Crippen LogP contribution in [0.25, 0.3) is 44.5 Å². The molecule has 1 N–H and O–H groups in total. The summed E-state index contributed by atoms with van der Waals surface area (Å²) in [6, 6.07) is 20.1. The lowest BCUT2D eigenvalue weighted by Crippen LogP contribution is -2.22. The van der Waals surface area contributed by atoms with E-state index < -0.39 is 5.25 Å². The van der Waals surface area contributed by atoms with Crippen molar-refractivity contribution in [2.45, 2.75) is 24.3 Å². The van der Waals surface area contributed by atoms with Gasteiger partial charge in [-0.15, -0.1) is 21.5 Å². The highest BCUT2D eigenvalue weighted by Crippen LogP contribution is 2.45. The molecule has 0 saturated carbocycles. The molecule has 1 atom stereocenters. The maximum Gasteiger partial charge on any atom is 0.239 e. The van der Waals surface area contributed by atoms with Crippen LogP contribution in [-0.2, 0) is 4.79 Å². The Kier molecular flexibility index (Phi) is 5.86. The van der Waals surface area contributed by atoms with Crippen LogP contribution >= 0.6 is 23.1 Å². The number of anilines is 1. The number of hydrogen-bond donors (Lipinski definition) is 1. The monoisotopic (exact) mass is 511 g/mol. The van der Waals surface area contributed by atoms with Gasteiger partial charge in [0.15, 0.2) is 5.13 Å². The van der Waals surface area contributed by atoms with Gasteiger partial charge in [-0.05, 0) is 43.5 Å². The lowest BCUT2D eigenvalue weighted by atomic mass is 10.0. The molecule has 0 bridgehead atoms. The zero-order chi connectivity index (χ0) is 24.6. The quantitative estimate of drug-likeness (QED) is 0.251. The van der Waals surface area contributed by atoms with Crippen molar-refractivity contribution in [1.82, 2.24) is 20.2 Å². The summed E-state index contributed by atoms with van der Waals surface area (Å²) in [6.45, 7) is 4.40. The average Bonchev–Trinajstić information content (AvgIpc) is 3.49. The number of fused-ring (bicyclic) bond motifs is 3. The predicted molar refractivity (Wildman–Crippen MR) is 144 cm³/mol. The van der Waals surface area contributed by atoms with Crippen molar-refractivity contribution in [2.75, 3.05) is 11.9 Å². The molecule has 36 heavy (non-hydrogen) atoms. The third kappa shape index (κ3) is 4.10. The van der Waals surface area contributed by atoms with Gasteiger partial charge < -0.3 is 10.1 Å². The number of nitrogens with zero attached hydrogens (tertiary/aromatic N) is 4. The van der Waals surface area contributed by atoms with Crippen LogP contribution < -0.4 is 10.1 Å². The van der Waals surface area contributed by atoms with E-state index in [1.54, 1.807) is 0 Å². The van der Waals surface area contributed by atoms with Crippen molar-refractivity contribution >= 4 is 44.9 Å². The van der Waals surface area contributed by atoms with Crippen LogP contribution in [0, 0.1) is 0 Å². The number of amides is 1. The van der Waals surface area contributed by atoms with E-state index >= 15 is 0 Å². The minimum Gasteiger partial charge on any atom is -0.494 e. The van der Waals surface area contributed by atoms with E-state index in [1.165, 1.54) is 23.1 Å². The number of hydrogen-bond acceptors (Lipinski definition) is 8. The number of nitrogens with one attached hydrogen (secondary N) is 1. The summed E-state index contributed by atoms with van der Waals surface area (Å²) in [7, 11) is 0. The molecular formula is C27H21N5O2S2. The first kappa shape index (κ1) is 22.6. The summed E-state index contributed by atoms with van der Waals surface area (Å²) in [6.07, 6.45) is 0. The molecule has 3 aromatic carbocycles. The van der Waals surface area contributed by atoms with Gasteiger partial charge in [-0.3, -0.25) is 4.79 Å². The second-order valence-electron chi connectivity index (χ2n) is 8.25. The summed E-state index contributed by atoms with van der Waals surface area (Å²) < 4.78 is 5.49. The molecule has 0 aliphatic heterocycles. The zero-order valence-corrected chi connectivity index (χ0v) is 21.2. The van der Waals surface area contributed by atoms with Crippen LogP contribution in [0.4, 0.5) is 5.13 Å². The fourth-order valence-electron chi connectivity index (χ4n) is 4.24. The molecule has 1 aliphatic carbocycles. The molecule has 5 aromatic rings. The van der Waals surface area contributed by atoms with Gasteiger partial charge in [-0.2, -0.15) is 0 Å². The van der Waals surface area contributed by atoms with Crippen LogP contribution in [0.2, 0.25) is 0 Å². The molecule has 2 aromatic heterocycles. The van der Waals surface area contributed by atoms with Gasteiger partial charge in [-0.1, -0.05) is 48.2 Å². The first-order chi connectivity index (χ1) is 17.6. The van der Waals surface area contributed by atoms with Crippen LogP contribution in [-0.4, -0.2) is 37.9 Å². The fourth-order valence-corrected chi connectivity index (χ4v) is 5.67. The van der Waals surface area contributed by atoms with Crippen molar-refractivity contribution in [2.24, 2.45) is 0 Å². The van der Waals surface area contributed by atoms with Gasteiger partial charge in [0.05, 0.1) is 17.6 Å². The summed E-state index contributed by atoms with van der Waals surface area (Å²) in [5.74, 6) is 0.654. The highest BCUT2D eigenvalue weighted by molar-refractivity contribution is 8.00. The van der Waals surface area contributed by atoms with Crippen LogP contribution in [0.1, 0.15) is 13.8 Å². The van der Waals surface area contributed by atoms with Crippen molar-refractivity contribution in [3.8, 4) is 39.5 Å². The predicted octanol–water partition coefficient (Wildman–Crippen LogP) is 6.31. The van der Waals surface area contributed by atoms with E-state index in [-0.39, 0.29) is 5.91 Å². The summed E-state index contributed by atoms with van der Waals surface area (Å²) >= 11 is 2.67. The molecule has 2 heterocycles. The van der Waals surface area contributed by atoms with Gasteiger partial charge in [0.1, 0.15) is 17.1 Å². The summed E-state index contributed by atoms with van der Waals surface area (Å²) in [5, 5.41) is 16.5. The number of rotatable bonds is 7. The Morgan fingerprint density at radius 3 is 2.50 bits per heavy atom. The minimum absolute atomic E-state index is 0.165. The van der Waals surface area contributed by atoms with E-state index in [4.69, 9.17) is 9.72 Å². The highest BCUT2D eigenvalue weighted by atomic mass is 32.2. The number of thioether (sulfide) groups is 1. The molecule has 9 heteroatoms. The van der Waals surface area contributed by atoms with E-state index in [0.29, 0.717) is 16.9 Å². The lowest BCUT2D eigenvalue weighted by Gasteiger charge is -2.10. The number of carbonyl (C=O) groups excluding carboxylic acids is 1. The minimum atomic E-state index is -0.428. The van der Waals surface area contributed by atoms with E-state index in [9.17, 15) is 4.79 Å². The Hall–Kier alpha value is -3.82. The van der Waals surface area contributed by atoms with Crippen molar-refractivity contribution in [3.63, 3.8) is 0 Å². The van der Waals surface area contributed by atoms with Crippen molar-refractivity contribution < 1.29 is 9.53 Å². The molecule has 7 nitrogen and oxygen atoms in total. The summed E-state index contributed by atoms with van der Waals surface area (Å²) in [5.41, 5.74) is 5.47. The second-order valence-corrected chi connectivity index (χ2v) is 10.4. The smallest absolute Gasteiger partial charge is 0.239 e. The van der Waals surface area contributed by atoms with E-state index in [0.717, 1.165) is 50.3 Å². The maximum atomic E-state index is 12.9. The molecule has 1 unspecified atom stereocenters. The van der Waals surface area contributed by atoms with Gasteiger partial charge in [0, 0.05) is 27.5 Å². The highest BCUT2D eigenvalue weighted by Gasteiger charge is 2.26. The Morgan fingerprint density at radius 1 is 1.00 bits per heavy atom. The summed E-state index contributed by atoms with van der Waals surface area (Å²) in [4.78, 5) is 22.2. The Balaban J connectivity index is 1.15.